The lowest BCUT2D eigenvalue weighted by Crippen LogP contribution is -2.66. The van der Waals surface area contributed by atoms with E-state index in [1.807, 2.05) is 12.1 Å². The third kappa shape index (κ3) is 3.12. The summed E-state index contributed by atoms with van der Waals surface area (Å²) in [5.74, 6) is 0.265. The van der Waals surface area contributed by atoms with Crippen molar-refractivity contribution < 1.29 is 13.9 Å². The molecule has 0 aliphatic heterocycles. The number of halogens is 1. The van der Waals surface area contributed by atoms with E-state index in [2.05, 4.69) is 26.1 Å². The van der Waals surface area contributed by atoms with Crippen LogP contribution in [0.4, 0.5) is 4.39 Å². The maximum Gasteiger partial charge on any atom is 0.128 e. The first-order valence-electron chi connectivity index (χ1n) is 7.44. The average Bonchev–Trinajstić information content (AvgIpc) is 2.42. The zero-order valence-electron chi connectivity index (χ0n) is 13.6. The summed E-state index contributed by atoms with van der Waals surface area (Å²) in [5.41, 5.74) is 1.80. The lowest BCUT2D eigenvalue weighted by atomic mass is 9.58. The molecular formula is C17H26FNO2. The molecule has 1 aliphatic carbocycles. The highest BCUT2D eigenvalue weighted by Gasteiger charge is 2.54. The number of methoxy groups -OCH3 is 2. The lowest BCUT2D eigenvalue weighted by molar-refractivity contribution is -0.145. The molecule has 4 heteroatoms. The van der Waals surface area contributed by atoms with Gasteiger partial charge in [0.05, 0.1) is 12.7 Å². The van der Waals surface area contributed by atoms with Crippen LogP contribution >= 0.6 is 0 Å². The fourth-order valence-corrected chi connectivity index (χ4v) is 3.79. The van der Waals surface area contributed by atoms with E-state index in [0.717, 1.165) is 12.1 Å². The summed E-state index contributed by atoms with van der Waals surface area (Å²) >= 11 is 0. The van der Waals surface area contributed by atoms with E-state index >= 15 is 0 Å². The Morgan fingerprint density at radius 1 is 1.29 bits per heavy atom. The second-order valence-electron chi connectivity index (χ2n) is 6.55. The predicted molar refractivity (Wildman–Crippen MR) is 81.5 cm³/mol. The van der Waals surface area contributed by atoms with Gasteiger partial charge in [0.15, 0.2) is 0 Å². The molecule has 1 aromatic carbocycles. The summed E-state index contributed by atoms with van der Waals surface area (Å²) in [5, 5.41) is 3.59. The normalized spacial score (nSPS) is 27.4. The molecule has 1 saturated carbocycles. The smallest absolute Gasteiger partial charge is 0.128 e. The highest BCUT2D eigenvalue weighted by atomic mass is 19.1. The van der Waals surface area contributed by atoms with Crippen molar-refractivity contribution in [2.45, 2.75) is 46.1 Å². The summed E-state index contributed by atoms with van der Waals surface area (Å²) in [6.45, 7) is 7.68. The van der Waals surface area contributed by atoms with Crippen LogP contribution in [0.2, 0.25) is 0 Å². The van der Waals surface area contributed by atoms with Crippen LogP contribution in [0.25, 0.3) is 0 Å². The summed E-state index contributed by atoms with van der Waals surface area (Å²) in [4.78, 5) is 0. The molecule has 0 radical (unpaired) electrons. The van der Waals surface area contributed by atoms with Gasteiger partial charge in [-0.3, -0.25) is 0 Å². The first kappa shape index (κ1) is 16.4. The minimum Gasteiger partial charge on any atom is -0.380 e. The van der Waals surface area contributed by atoms with Crippen molar-refractivity contribution >= 4 is 0 Å². The number of benzene rings is 1. The fourth-order valence-electron chi connectivity index (χ4n) is 3.79. The second-order valence-corrected chi connectivity index (χ2v) is 6.55. The highest BCUT2D eigenvalue weighted by Crippen LogP contribution is 2.46. The Bertz CT molecular complexity index is 490. The van der Waals surface area contributed by atoms with Gasteiger partial charge < -0.3 is 14.8 Å². The maximum atomic E-state index is 13.6. The van der Waals surface area contributed by atoms with Gasteiger partial charge in [0.25, 0.3) is 0 Å². The molecule has 0 aromatic heterocycles. The Balaban J connectivity index is 1.99. The first-order valence-corrected chi connectivity index (χ1v) is 7.44. The van der Waals surface area contributed by atoms with Crippen LogP contribution < -0.4 is 5.32 Å². The standard InChI is InChI=1S/C17H26FNO2/c1-11-15(17(2,3)16(11)21-5)19-9-12-6-7-14(18)13(8-12)10-20-4/h6-8,11,15-16,19H,9-10H2,1-5H3/t11-,15-,16-/m1/s1. The van der Waals surface area contributed by atoms with Crippen molar-refractivity contribution in [2.75, 3.05) is 14.2 Å². The Morgan fingerprint density at radius 2 is 2.00 bits per heavy atom. The number of nitrogens with one attached hydrogen (secondary N) is 1. The van der Waals surface area contributed by atoms with E-state index in [0.29, 0.717) is 24.1 Å². The maximum absolute atomic E-state index is 13.6. The summed E-state index contributed by atoms with van der Waals surface area (Å²) < 4.78 is 24.2. The average molecular weight is 295 g/mol. The van der Waals surface area contributed by atoms with Crippen LogP contribution in [0.1, 0.15) is 31.9 Å². The predicted octanol–water partition coefficient (Wildman–Crippen LogP) is 3.12. The monoisotopic (exact) mass is 295 g/mol. The van der Waals surface area contributed by atoms with E-state index in [1.165, 1.54) is 6.07 Å². The number of hydrogen-bond donors (Lipinski definition) is 1. The van der Waals surface area contributed by atoms with Gasteiger partial charge in [-0.2, -0.15) is 0 Å². The molecule has 0 spiro atoms. The van der Waals surface area contributed by atoms with Gasteiger partial charge in [0.1, 0.15) is 5.82 Å². The van der Waals surface area contributed by atoms with Gasteiger partial charge in [-0.1, -0.05) is 26.8 Å². The third-order valence-electron chi connectivity index (χ3n) is 4.73. The number of hydrogen-bond acceptors (Lipinski definition) is 3. The molecule has 1 fully saturated rings. The zero-order valence-corrected chi connectivity index (χ0v) is 13.6. The molecule has 0 amide bonds. The molecule has 3 nitrogen and oxygen atoms in total. The van der Waals surface area contributed by atoms with Crippen molar-refractivity contribution in [3.63, 3.8) is 0 Å². The van der Waals surface area contributed by atoms with Crippen molar-refractivity contribution in [1.29, 1.82) is 0 Å². The Labute approximate surface area is 126 Å². The van der Waals surface area contributed by atoms with Crippen LogP contribution in [0.5, 0.6) is 0 Å². The molecule has 1 aliphatic rings. The van der Waals surface area contributed by atoms with Crippen molar-refractivity contribution in [2.24, 2.45) is 11.3 Å². The molecular weight excluding hydrogens is 269 g/mol. The van der Waals surface area contributed by atoms with Gasteiger partial charge in [-0.05, 0) is 23.6 Å². The number of rotatable bonds is 6. The van der Waals surface area contributed by atoms with Gasteiger partial charge in [0.2, 0.25) is 0 Å². The second kappa shape index (κ2) is 6.42. The van der Waals surface area contributed by atoms with E-state index in [9.17, 15) is 4.39 Å². The molecule has 21 heavy (non-hydrogen) atoms. The Hall–Kier alpha value is -0.970. The minimum absolute atomic E-state index is 0.115. The van der Waals surface area contributed by atoms with Crippen LogP contribution in [0.3, 0.4) is 0 Å². The van der Waals surface area contributed by atoms with Crippen molar-refractivity contribution in [1.82, 2.24) is 5.32 Å². The molecule has 118 valence electrons. The Kier molecular flexibility index (Phi) is 5.02. The third-order valence-corrected chi connectivity index (χ3v) is 4.73. The van der Waals surface area contributed by atoms with Crippen LogP contribution in [0.15, 0.2) is 18.2 Å². The SMILES string of the molecule is COCc1cc(CN[C@@H]2[C@@H](C)[C@@H](OC)C2(C)C)ccc1F. The van der Waals surface area contributed by atoms with E-state index in [4.69, 9.17) is 9.47 Å². The molecule has 0 unspecified atom stereocenters. The summed E-state index contributed by atoms with van der Waals surface area (Å²) in [6.07, 6.45) is 0.285. The Morgan fingerprint density at radius 3 is 2.57 bits per heavy atom. The highest BCUT2D eigenvalue weighted by molar-refractivity contribution is 5.25. The van der Waals surface area contributed by atoms with Gasteiger partial charge in [-0.15, -0.1) is 0 Å². The molecule has 0 heterocycles. The largest absolute Gasteiger partial charge is 0.380 e. The topological polar surface area (TPSA) is 30.5 Å². The van der Waals surface area contributed by atoms with E-state index in [-0.39, 0.29) is 17.3 Å². The quantitative estimate of drug-likeness (QED) is 0.874. The van der Waals surface area contributed by atoms with Crippen molar-refractivity contribution in [3.8, 4) is 0 Å². The molecule has 0 saturated heterocycles. The summed E-state index contributed by atoms with van der Waals surface area (Å²) in [6, 6.07) is 5.61. The van der Waals surface area contributed by atoms with Crippen LogP contribution in [-0.2, 0) is 22.6 Å². The van der Waals surface area contributed by atoms with Gasteiger partial charge in [-0.25, -0.2) is 4.39 Å². The minimum atomic E-state index is -0.211. The molecule has 1 N–H and O–H groups in total. The van der Waals surface area contributed by atoms with Gasteiger partial charge in [0, 0.05) is 37.8 Å². The summed E-state index contributed by atoms with van der Waals surface area (Å²) in [7, 11) is 3.35. The van der Waals surface area contributed by atoms with Crippen LogP contribution in [0, 0.1) is 17.2 Å². The lowest BCUT2D eigenvalue weighted by Gasteiger charge is -2.56. The number of ether oxygens (including phenoxy) is 2. The molecule has 1 aromatic rings. The molecule has 0 bridgehead atoms. The van der Waals surface area contributed by atoms with Gasteiger partial charge >= 0.3 is 0 Å². The molecule has 2 rings (SSSR count). The fraction of sp³-hybridized carbons (Fsp3) is 0.647. The molecule has 3 atom stereocenters. The van der Waals surface area contributed by atoms with E-state index in [1.54, 1.807) is 14.2 Å². The first-order chi connectivity index (χ1) is 9.91. The van der Waals surface area contributed by atoms with Crippen LogP contribution in [-0.4, -0.2) is 26.4 Å². The van der Waals surface area contributed by atoms with E-state index < -0.39 is 0 Å². The van der Waals surface area contributed by atoms with Crippen molar-refractivity contribution in [3.05, 3.63) is 35.1 Å². The zero-order chi connectivity index (χ0) is 15.6.